The SMILES string of the molecule is [C-]#[N+][C@](Cc1ccccc1)(C(=O)OC)[C@H]1CC(=O)N(c2ccccc2)C1=O. The van der Waals surface area contributed by atoms with Gasteiger partial charge < -0.3 is 4.74 Å². The van der Waals surface area contributed by atoms with Crippen LogP contribution >= 0.6 is 0 Å². The summed E-state index contributed by atoms with van der Waals surface area (Å²) in [5, 5.41) is 0. The van der Waals surface area contributed by atoms with Crippen LogP contribution in [0.15, 0.2) is 60.7 Å². The number of imide groups is 1. The minimum Gasteiger partial charge on any atom is -0.463 e. The summed E-state index contributed by atoms with van der Waals surface area (Å²) in [6, 6.07) is 17.5. The van der Waals surface area contributed by atoms with Crippen LogP contribution in [-0.2, 0) is 25.5 Å². The molecule has 0 aromatic heterocycles. The third-order valence-electron chi connectivity index (χ3n) is 4.79. The van der Waals surface area contributed by atoms with Crippen molar-refractivity contribution < 1.29 is 19.1 Å². The second-order valence-electron chi connectivity index (χ2n) is 6.35. The highest BCUT2D eigenvalue weighted by molar-refractivity contribution is 6.22. The summed E-state index contributed by atoms with van der Waals surface area (Å²) in [5.41, 5.74) is -0.636. The van der Waals surface area contributed by atoms with Gasteiger partial charge in [-0.05, 0) is 17.7 Å². The summed E-state index contributed by atoms with van der Waals surface area (Å²) >= 11 is 0. The lowest BCUT2D eigenvalue weighted by atomic mass is 9.78. The molecular weight excluding hydrogens is 344 g/mol. The first-order valence-corrected chi connectivity index (χ1v) is 8.46. The Balaban J connectivity index is 2.03. The molecule has 0 bridgehead atoms. The summed E-state index contributed by atoms with van der Waals surface area (Å²) in [6.07, 6.45) is -0.214. The second kappa shape index (κ2) is 7.42. The summed E-state index contributed by atoms with van der Waals surface area (Å²) in [6.45, 7) is 7.72. The van der Waals surface area contributed by atoms with E-state index in [1.54, 1.807) is 54.6 Å². The fraction of sp³-hybridized carbons (Fsp3) is 0.238. The first kappa shape index (κ1) is 18.3. The van der Waals surface area contributed by atoms with E-state index >= 15 is 0 Å². The monoisotopic (exact) mass is 362 g/mol. The maximum atomic E-state index is 13.1. The summed E-state index contributed by atoms with van der Waals surface area (Å²) in [7, 11) is 1.18. The van der Waals surface area contributed by atoms with Gasteiger partial charge in [0.05, 0.1) is 19.2 Å². The van der Waals surface area contributed by atoms with Gasteiger partial charge >= 0.3 is 11.5 Å². The Bertz CT molecular complexity index is 905. The van der Waals surface area contributed by atoms with Crippen molar-refractivity contribution in [1.82, 2.24) is 0 Å². The van der Waals surface area contributed by atoms with Crippen LogP contribution in [0.1, 0.15) is 12.0 Å². The Morgan fingerprint density at radius 2 is 1.74 bits per heavy atom. The molecule has 136 valence electrons. The number of nitrogens with zero attached hydrogens (tertiary/aromatic N) is 2. The van der Waals surface area contributed by atoms with E-state index in [-0.39, 0.29) is 12.8 Å². The van der Waals surface area contributed by atoms with Crippen LogP contribution in [0.25, 0.3) is 4.85 Å². The van der Waals surface area contributed by atoms with Crippen LogP contribution in [0, 0.1) is 12.5 Å². The van der Waals surface area contributed by atoms with E-state index in [1.807, 2.05) is 6.07 Å². The van der Waals surface area contributed by atoms with Crippen molar-refractivity contribution in [1.29, 1.82) is 0 Å². The molecule has 2 aromatic carbocycles. The van der Waals surface area contributed by atoms with Gasteiger partial charge in [0.25, 0.3) is 0 Å². The molecule has 2 amide bonds. The Morgan fingerprint density at radius 3 is 2.30 bits per heavy atom. The van der Waals surface area contributed by atoms with Crippen molar-refractivity contribution in [3.8, 4) is 0 Å². The summed E-state index contributed by atoms with van der Waals surface area (Å²) in [4.78, 5) is 42.9. The Kier molecular flexibility index (Phi) is 5.04. The van der Waals surface area contributed by atoms with Crippen LogP contribution in [0.3, 0.4) is 0 Å². The van der Waals surface area contributed by atoms with Gasteiger partial charge in [0.1, 0.15) is 5.92 Å². The number of anilines is 1. The third-order valence-corrected chi connectivity index (χ3v) is 4.79. The van der Waals surface area contributed by atoms with E-state index in [2.05, 4.69) is 4.85 Å². The molecule has 1 aliphatic heterocycles. The van der Waals surface area contributed by atoms with Crippen LogP contribution in [0.2, 0.25) is 0 Å². The maximum absolute atomic E-state index is 13.1. The molecule has 0 aliphatic carbocycles. The maximum Gasteiger partial charge on any atom is 0.394 e. The molecule has 1 fully saturated rings. The minimum atomic E-state index is -1.79. The predicted molar refractivity (Wildman–Crippen MR) is 98.5 cm³/mol. The van der Waals surface area contributed by atoms with Crippen molar-refractivity contribution in [3.63, 3.8) is 0 Å². The van der Waals surface area contributed by atoms with Gasteiger partial charge in [-0.1, -0.05) is 48.5 Å². The number of hydrogen-bond donors (Lipinski definition) is 0. The van der Waals surface area contributed by atoms with Gasteiger partial charge in [0.15, 0.2) is 0 Å². The molecule has 6 nitrogen and oxygen atoms in total. The van der Waals surface area contributed by atoms with Gasteiger partial charge in [-0.3, -0.25) is 19.3 Å². The standard InChI is InChI=1S/C21H18N2O4/c1-22-21(20(26)27-2,14-15-9-5-3-6-10-15)17-13-18(24)23(19(17)25)16-11-7-4-8-12-16/h3-12,17H,13-14H2,2H3/t17-,21-/m0/s1. The van der Waals surface area contributed by atoms with E-state index < -0.39 is 29.2 Å². The lowest BCUT2D eigenvalue weighted by Crippen LogP contribution is -2.49. The number of rotatable bonds is 5. The molecule has 0 radical (unpaired) electrons. The molecular formula is C21H18N2O4. The number of benzene rings is 2. The first-order chi connectivity index (χ1) is 13.0. The molecule has 1 heterocycles. The molecule has 2 atom stereocenters. The number of carbonyl (C=O) groups is 3. The highest BCUT2D eigenvalue weighted by Crippen LogP contribution is 2.38. The van der Waals surface area contributed by atoms with E-state index in [1.165, 1.54) is 7.11 Å². The van der Waals surface area contributed by atoms with E-state index in [4.69, 9.17) is 11.3 Å². The number of para-hydroxylation sites is 1. The third kappa shape index (κ3) is 3.20. The number of hydrogen-bond acceptors (Lipinski definition) is 4. The van der Waals surface area contributed by atoms with Crippen molar-refractivity contribution in [3.05, 3.63) is 77.6 Å². The Morgan fingerprint density at radius 1 is 1.15 bits per heavy atom. The van der Waals surface area contributed by atoms with E-state index in [0.717, 1.165) is 10.5 Å². The molecule has 1 saturated heterocycles. The molecule has 27 heavy (non-hydrogen) atoms. The highest BCUT2D eigenvalue weighted by atomic mass is 16.5. The van der Waals surface area contributed by atoms with Crippen molar-refractivity contribution >= 4 is 23.5 Å². The lowest BCUT2D eigenvalue weighted by molar-refractivity contribution is -0.149. The van der Waals surface area contributed by atoms with Crippen molar-refractivity contribution in [2.24, 2.45) is 5.92 Å². The number of ether oxygens (including phenoxy) is 1. The molecule has 0 N–H and O–H groups in total. The van der Waals surface area contributed by atoms with Crippen molar-refractivity contribution in [2.45, 2.75) is 18.4 Å². The second-order valence-corrected chi connectivity index (χ2v) is 6.35. The van der Waals surface area contributed by atoms with E-state index in [0.29, 0.717) is 5.69 Å². The van der Waals surface area contributed by atoms with Gasteiger partial charge in [0, 0.05) is 6.42 Å². The number of methoxy groups -OCH3 is 1. The first-order valence-electron chi connectivity index (χ1n) is 8.46. The normalized spacial score (nSPS) is 18.7. The number of esters is 1. The van der Waals surface area contributed by atoms with Gasteiger partial charge in [-0.2, -0.15) is 0 Å². The zero-order valence-electron chi connectivity index (χ0n) is 14.8. The van der Waals surface area contributed by atoms with Crippen LogP contribution in [0.4, 0.5) is 5.69 Å². The largest absolute Gasteiger partial charge is 0.463 e. The molecule has 0 spiro atoms. The molecule has 0 unspecified atom stereocenters. The number of carbonyl (C=O) groups excluding carboxylic acids is 3. The van der Waals surface area contributed by atoms with Crippen LogP contribution < -0.4 is 4.90 Å². The molecule has 1 aliphatic rings. The molecule has 2 aromatic rings. The van der Waals surface area contributed by atoms with Gasteiger partial charge in [0.2, 0.25) is 11.8 Å². The van der Waals surface area contributed by atoms with E-state index in [9.17, 15) is 14.4 Å². The molecule has 0 saturated carbocycles. The lowest BCUT2D eigenvalue weighted by Gasteiger charge is -2.24. The summed E-state index contributed by atoms with van der Waals surface area (Å²) < 4.78 is 4.88. The fourth-order valence-electron chi connectivity index (χ4n) is 3.44. The smallest absolute Gasteiger partial charge is 0.394 e. The van der Waals surface area contributed by atoms with Crippen LogP contribution in [-0.4, -0.2) is 30.4 Å². The zero-order valence-corrected chi connectivity index (χ0v) is 14.8. The summed E-state index contributed by atoms with van der Waals surface area (Å²) in [5.74, 6) is -2.89. The molecule has 6 heteroatoms. The zero-order chi connectivity index (χ0) is 19.4. The van der Waals surface area contributed by atoms with Gasteiger partial charge in [-0.15, -0.1) is 0 Å². The molecule has 3 rings (SSSR count). The predicted octanol–water partition coefficient (Wildman–Crippen LogP) is 2.64. The number of amides is 2. The van der Waals surface area contributed by atoms with Crippen LogP contribution in [0.5, 0.6) is 0 Å². The average Bonchev–Trinajstić information content (AvgIpc) is 3.01. The fourth-order valence-corrected chi connectivity index (χ4v) is 3.44. The highest BCUT2D eigenvalue weighted by Gasteiger charge is 2.62. The van der Waals surface area contributed by atoms with Gasteiger partial charge in [-0.25, -0.2) is 11.4 Å². The topological polar surface area (TPSA) is 68.0 Å². The van der Waals surface area contributed by atoms with Crippen molar-refractivity contribution in [2.75, 3.05) is 12.0 Å². The Labute approximate surface area is 157 Å². The average molecular weight is 362 g/mol. The Hall–Kier alpha value is -3.46. The minimum absolute atomic E-state index is 0.00364. The quantitative estimate of drug-likeness (QED) is 0.466.